The Labute approximate surface area is 155 Å². The van der Waals surface area contributed by atoms with Gasteiger partial charge in [0, 0.05) is 22.7 Å². The molecule has 0 aliphatic rings. The molecule has 126 valence electrons. The minimum absolute atomic E-state index is 0.193. The predicted molar refractivity (Wildman–Crippen MR) is 99.3 cm³/mol. The topological polar surface area (TPSA) is 49.4 Å². The fourth-order valence-electron chi connectivity index (χ4n) is 2.12. The van der Waals surface area contributed by atoms with Crippen LogP contribution in [-0.4, -0.2) is 18.4 Å². The van der Waals surface area contributed by atoms with Gasteiger partial charge in [-0.25, -0.2) is 0 Å². The molecule has 0 radical (unpaired) electrons. The molecule has 0 heterocycles. The normalized spacial score (nSPS) is 10.4. The van der Waals surface area contributed by atoms with E-state index in [0.717, 1.165) is 5.56 Å². The summed E-state index contributed by atoms with van der Waals surface area (Å²) in [6, 6.07) is 9.92. The molecule has 0 spiro atoms. The molecule has 7 heteroatoms. The number of amides is 2. The van der Waals surface area contributed by atoms with Gasteiger partial charge in [-0.05, 0) is 42.8 Å². The van der Waals surface area contributed by atoms with Gasteiger partial charge in [-0.15, -0.1) is 0 Å². The highest BCUT2D eigenvalue weighted by Gasteiger charge is 2.19. The van der Waals surface area contributed by atoms with E-state index >= 15 is 0 Å². The average molecular weight is 386 g/mol. The second-order valence-corrected chi connectivity index (χ2v) is 6.49. The average Bonchev–Trinajstić information content (AvgIpc) is 2.51. The minimum atomic E-state index is -0.369. The Balaban J connectivity index is 2.22. The van der Waals surface area contributed by atoms with Crippen LogP contribution in [0.2, 0.25) is 15.1 Å². The molecule has 0 bridgehead atoms. The van der Waals surface area contributed by atoms with E-state index in [2.05, 4.69) is 5.32 Å². The van der Waals surface area contributed by atoms with Crippen LogP contribution >= 0.6 is 34.8 Å². The first-order valence-corrected chi connectivity index (χ1v) is 8.20. The Kier molecular flexibility index (Phi) is 6.10. The fraction of sp³-hybridized carbons (Fsp3) is 0.176. The van der Waals surface area contributed by atoms with Crippen molar-refractivity contribution in [2.45, 2.75) is 13.8 Å². The van der Waals surface area contributed by atoms with Crippen LogP contribution < -0.4 is 10.2 Å². The van der Waals surface area contributed by atoms with Crippen LogP contribution in [0.15, 0.2) is 36.4 Å². The number of hydrogen-bond acceptors (Lipinski definition) is 2. The number of halogens is 3. The summed E-state index contributed by atoms with van der Waals surface area (Å²) in [5, 5.41) is 4.02. The summed E-state index contributed by atoms with van der Waals surface area (Å²) in [4.78, 5) is 25.5. The molecule has 0 aromatic heterocycles. The van der Waals surface area contributed by atoms with Crippen molar-refractivity contribution in [3.63, 3.8) is 0 Å². The lowest BCUT2D eigenvalue weighted by Gasteiger charge is -2.22. The maximum Gasteiger partial charge on any atom is 0.244 e. The second-order valence-electron chi connectivity index (χ2n) is 5.21. The first-order valence-electron chi connectivity index (χ1n) is 7.07. The summed E-state index contributed by atoms with van der Waals surface area (Å²) in [5.74, 6) is -0.691. The van der Waals surface area contributed by atoms with E-state index < -0.39 is 0 Å². The van der Waals surface area contributed by atoms with Crippen molar-refractivity contribution < 1.29 is 9.59 Å². The third kappa shape index (κ3) is 4.63. The van der Waals surface area contributed by atoms with Crippen LogP contribution in [0, 0.1) is 6.92 Å². The van der Waals surface area contributed by atoms with E-state index in [9.17, 15) is 9.59 Å². The Bertz CT molecular complexity index is 793. The highest BCUT2D eigenvalue weighted by Crippen LogP contribution is 2.29. The number of carbonyl (C=O) groups is 2. The molecule has 1 N–H and O–H groups in total. The molecule has 0 aliphatic heterocycles. The Morgan fingerprint density at radius 1 is 1.04 bits per heavy atom. The van der Waals surface area contributed by atoms with Crippen LogP contribution in [0.25, 0.3) is 0 Å². The van der Waals surface area contributed by atoms with Crippen molar-refractivity contribution in [1.29, 1.82) is 0 Å². The van der Waals surface area contributed by atoms with E-state index in [1.807, 2.05) is 6.92 Å². The van der Waals surface area contributed by atoms with Gasteiger partial charge in [-0.2, -0.15) is 0 Å². The number of anilines is 2. The van der Waals surface area contributed by atoms with Gasteiger partial charge >= 0.3 is 0 Å². The molecular weight excluding hydrogens is 371 g/mol. The molecule has 4 nitrogen and oxygen atoms in total. The Hall–Kier alpha value is -1.75. The van der Waals surface area contributed by atoms with Crippen molar-refractivity contribution in [2.24, 2.45) is 0 Å². The van der Waals surface area contributed by atoms with E-state index in [0.29, 0.717) is 26.4 Å². The molecule has 2 aromatic carbocycles. The van der Waals surface area contributed by atoms with Gasteiger partial charge in [0.05, 0.1) is 10.7 Å². The Morgan fingerprint density at radius 3 is 2.33 bits per heavy atom. The zero-order chi connectivity index (χ0) is 17.9. The summed E-state index contributed by atoms with van der Waals surface area (Å²) >= 11 is 18.0. The van der Waals surface area contributed by atoms with Crippen molar-refractivity contribution in [1.82, 2.24) is 0 Å². The van der Waals surface area contributed by atoms with Gasteiger partial charge < -0.3 is 10.2 Å². The molecule has 2 amide bonds. The molecule has 0 fully saturated rings. The van der Waals surface area contributed by atoms with E-state index in [-0.39, 0.29) is 18.4 Å². The smallest absolute Gasteiger partial charge is 0.244 e. The molecule has 2 aromatic rings. The second kappa shape index (κ2) is 7.88. The monoisotopic (exact) mass is 384 g/mol. The predicted octanol–water partition coefficient (Wildman–Crippen LogP) is 4.95. The first kappa shape index (κ1) is 18.6. The summed E-state index contributed by atoms with van der Waals surface area (Å²) in [7, 11) is 0. The quantitative estimate of drug-likeness (QED) is 0.810. The standard InChI is InChI=1S/C17H15Cl3N2O2/c1-10-3-4-12(18)7-15(10)21-17(24)9-22(11(2)23)16-8-13(19)5-6-14(16)20/h3-8H,9H2,1-2H3,(H,21,24). The molecule has 0 atom stereocenters. The highest BCUT2D eigenvalue weighted by atomic mass is 35.5. The molecule has 0 aliphatic carbocycles. The summed E-state index contributed by atoms with van der Waals surface area (Å²) in [5.41, 5.74) is 1.84. The van der Waals surface area contributed by atoms with E-state index in [1.54, 1.807) is 36.4 Å². The van der Waals surface area contributed by atoms with Crippen LogP contribution in [0.3, 0.4) is 0 Å². The zero-order valence-corrected chi connectivity index (χ0v) is 15.3. The molecular formula is C17H15Cl3N2O2. The SMILES string of the molecule is CC(=O)N(CC(=O)Nc1cc(Cl)ccc1C)c1cc(Cl)ccc1Cl. The fourth-order valence-corrected chi connectivity index (χ4v) is 2.68. The summed E-state index contributed by atoms with van der Waals surface area (Å²) in [6.07, 6.45) is 0. The largest absolute Gasteiger partial charge is 0.324 e. The van der Waals surface area contributed by atoms with Crippen LogP contribution in [0.1, 0.15) is 12.5 Å². The van der Waals surface area contributed by atoms with E-state index in [1.165, 1.54) is 11.8 Å². The Morgan fingerprint density at radius 2 is 1.67 bits per heavy atom. The van der Waals surface area contributed by atoms with Crippen molar-refractivity contribution in [2.75, 3.05) is 16.8 Å². The lowest BCUT2D eigenvalue weighted by Crippen LogP contribution is -2.37. The van der Waals surface area contributed by atoms with Gasteiger partial charge in [0.1, 0.15) is 6.54 Å². The maximum atomic E-state index is 12.3. The van der Waals surface area contributed by atoms with Gasteiger partial charge in [0.25, 0.3) is 0 Å². The number of carbonyl (C=O) groups excluding carboxylic acids is 2. The number of hydrogen-bond donors (Lipinski definition) is 1. The number of rotatable bonds is 4. The third-order valence-corrected chi connectivity index (χ3v) is 4.14. The molecule has 0 saturated carbocycles. The highest BCUT2D eigenvalue weighted by molar-refractivity contribution is 6.36. The zero-order valence-electron chi connectivity index (χ0n) is 13.1. The summed E-state index contributed by atoms with van der Waals surface area (Å²) in [6.45, 7) is 3.01. The number of nitrogens with one attached hydrogen (secondary N) is 1. The van der Waals surface area contributed by atoms with Gasteiger partial charge in [-0.1, -0.05) is 40.9 Å². The van der Waals surface area contributed by atoms with Gasteiger partial charge in [0.15, 0.2) is 0 Å². The molecule has 0 saturated heterocycles. The lowest BCUT2D eigenvalue weighted by atomic mass is 10.2. The molecule has 24 heavy (non-hydrogen) atoms. The van der Waals surface area contributed by atoms with Gasteiger partial charge in [0.2, 0.25) is 11.8 Å². The van der Waals surface area contributed by atoms with E-state index in [4.69, 9.17) is 34.8 Å². The summed E-state index contributed by atoms with van der Waals surface area (Å²) < 4.78 is 0. The number of benzene rings is 2. The molecule has 0 unspecified atom stereocenters. The molecule has 2 rings (SSSR count). The maximum absolute atomic E-state index is 12.3. The number of aryl methyl sites for hydroxylation is 1. The lowest BCUT2D eigenvalue weighted by molar-refractivity contribution is -0.120. The third-order valence-electron chi connectivity index (χ3n) is 3.35. The van der Waals surface area contributed by atoms with Crippen molar-refractivity contribution in [3.8, 4) is 0 Å². The first-order chi connectivity index (χ1) is 11.3. The van der Waals surface area contributed by atoms with Crippen LogP contribution in [0.5, 0.6) is 0 Å². The van der Waals surface area contributed by atoms with Gasteiger partial charge in [-0.3, -0.25) is 9.59 Å². The van der Waals surface area contributed by atoms with Crippen LogP contribution in [0.4, 0.5) is 11.4 Å². The number of nitrogens with zero attached hydrogens (tertiary/aromatic N) is 1. The van der Waals surface area contributed by atoms with Crippen molar-refractivity contribution >= 4 is 58.0 Å². The van der Waals surface area contributed by atoms with Crippen LogP contribution in [-0.2, 0) is 9.59 Å². The minimum Gasteiger partial charge on any atom is -0.324 e. The van der Waals surface area contributed by atoms with Crippen molar-refractivity contribution in [3.05, 3.63) is 57.0 Å².